The number of nitrogens with one attached hydrogen (secondary N) is 1. The van der Waals surface area contributed by atoms with Crippen LogP contribution >= 0.6 is 11.6 Å². The van der Waals surface area contributed by atoms with Crippen molar-refractivity contribution in [2.24, 2.45) is 0 Å². The summed E-state index contributed by atoms with van der Waals surface area (Å²) in [6, 6.07) is 21.9. The summed E-state index contributed by atoms with van der Waals surface area (Å²) in [5.74, 6) is 1.14. The second kappa shape index (κ2) is 9.06. The molecular weight excluding hydrogens is 412 g/mol. The van der Waals surface area contributed by atoms with E-state index in [0.717, 1.165) is 22.8 Å². The molecule has 5 nitrogen and oxygen atoms in total. The Labute approximate surface area is 185 Å². The van der Waals surface area contributed by atoms with Crippen molar-refractivity contribution in [3.63, 3.8) is 0 Å². The lowest BCUT2D eigenvalue weighted by molar-refractivity contribution is 0.0697. The lowest BCUT2D eigenvalue weighted by Gasteiger charge is -2.20. The number of benzene rings is 3. The van der Waals surface area contributed by atoms with Gasteiger partial charge in [-0.3, -0.25) is 0 Å². The molecule has 31 heavy (non-hydrogen) atoms. The minimum atomic E-state index is -0.938. The second-order valence-corrected chi connectivity index (χ2v) is 7.54. The number of ether oxygens (including phenoxy) is 1. The van der Waals surface area contributed by atoms with Crippen molar-refractivity contribution in [2.75, 3.05) is 5.32 Å². The molecule has 0 saturated carbocycles. The molecule has 0 fully saturated rings. The third-order valence-corrected chi connectivity index (χ3v) is 5.33. The Morgan fingerprint density at radius 2 is 1.81 bits per heavy atom. The van der Waals surface area contributed by atoms with Gasteiger partial charge < -0.3 is 15.2 Å². The monoisotopic (exact) mass is 432 g/mol. The average Bonchev–Trinajstić information content (AvgIpc) is 2.79. The minimum absolute atomic E-state index is 0.0375. The van der Waals surface area contributed by atoms with Gasteiger partial charge >= 0.3 is 5.97 Å². The molecule has 6 heteroatoms. The second-order valence-electron chi connectivity index (χ2n) is 7.10. The molecule has 156 valence electrons. The van der Waals surface area contributed by atoms with E-state index in [1.165, 1.54) is 0 Å². The number of carbonyl (C=O) groups is 1. The Kier molecular flexibility index (Phi) is 6.05. The minimum Gasteiger partial charge on any atom is -0.478 e. The fourth-order valence-electron chi connectivity index (χ4n) is 3.47. The lowest BCUT2D eigenvalue weighted by Crippen LogP contribution is -2.11. The van der Waals surface area contributed by atoms with Crippen LogP contribution in [0.2, 0.25) is 5.02 Å². The van der Waals surface area contributed by atoms with E-state index in [1.807, 2.05) is 48.5 Å². The summed E-state index contributed by atoms with van der Waals surface area (Å²) in [5, 5.41) is 15.2. The molecule has 0 aliphatic carbocycles. The van der Waals surface area contributed by atoms with Crippen molar-refractivity contribution >= 4 is 34.2 Å². The number of carboxylic acid groups (broad SMARTS) is 1. The maximum absolute atomic E-state index is 11.1. The average molecular weight is 433 g/mol. The molecule has 1 atom stereocenters. The van der Waals surface area contributed by atoms with Crippen molar-refractivity contribution in [3.8, 4) is 11.5 Å². The quantitative estimate of drug-likeness (QED) is 0.331. The number of halogens is 1. The molecular formula is C25H21ClN2O3. The van der Waals surface area contributed by atoms with E-state index in [2.05, 4.69) is 17.2 Å². The number of aromatic carboxylic acids is 1. The topological polar surface area (TPSA) is 71.5 Å². The maximum atomic E-state index is 11.1. The van der Waals surface area contributed by atoms with Gasteiger partial charge in [0.25, 0.3) is 0 Å². The number of rotatable bonds is 7. The van der Waals surface area contributed by atoms with Crippen LogP contribution < -0.4 is 10.1 Å². The predicted molar refractivity (Wildman–Crippen MR) is 123 cm³/mol. The van der Waals surface area contributed by atoms with Crippen LogP contribution in [0.25, 0.3) is 10.8 Å². The molecule has 1 unspecified atom stereocenters. The van der Waals surface area contributed by atoms with Crippen molar-refractivity contribution in [2.45, 2.75) is 19.4 Å². The van der Waals surface area contributed by atoms with Gasteiger partial charge in [0.15, 0.2) is 0 Å². The van der Waals surface area contributed by atoms with Crippen LogP contribution in [-0.4, -0.2) is 16.1 Å². The van der Waals surface area contributed by atoms with Crippen molar-refractivity contribution in [3.05, 3.63) is 95.1 Å². The van der Waals surface area contributed by atoms with Crippen LogP contribution in [0.3, 0.4) is 0 Å². The molecule has 1 aromatic heterocycles. The van der Waals surface area contributed by atoms with E-state index in [-0.39, 0.29) is 11.6 Å². The first-order valence-corrected chi connectivity index (χ1v) is 10.3. The first-order valence-electron chi connectivity index (χ1n) is 9.96. The van der Waals surface area contributed by atoms with Crippen LogP contribution in [0.5, 0.6) is 11.5 Å². The van der Waals surface area contributed by atoms with Gasteiger partial charge in [0.1, 0.15) is 17.3 Å². The fraction of sp³-hybridized carbons (Fsp3) is 0.120. The number of anilines is 1. The Bertz CT molecular complexity index is 1200. The van der Waals surface area contributed by atoms with E-state index in [9.17, 15) is 4.79 Å². The zero-order valence-electron chi connectivity index (χ0n) is 16.9. The summed E-state index contributed by atoms with van der Waals surface area (Å²) in [6.07, 6.45) is 2.56. The standard InChI is InChI=1S/C25H21ClN2O3/c1-2-21(16-6-8-18(9-7-16)25(29)30)28-24-23-17(14-15-27-24)4-3-5-22(23)31-20-12-10-19(26)11-13-20/h3-15,21H,2H2,1H3,(H,27,28)(H,29,30). The normalized spacial score (nSPS) is 11.8. The van der Waals surface area contributed by atoms with Crippen LogP contribution in [-0.2, 0) is 0 Å². The number of carboxylic acids is 1. The van der Waals surface area contributed by atoms with Crippen molar-refractivity contribution in [1.82, 2.24) is 4.98 Å². The molecule has 0 aliphatic rings. The number of hydrogen-bond acceptors (Lipinski definition) is 4. The summed E-state index contributed by atoms with van der Waals surface area (Å²) in [7, 11) is 0. The molecule has 0 spiro atoms. The highest BCUT2D eigenvalue weighted by molar-refractivity contribution is 6.30. The number of fused-ring (bicyclic) bond motifs is 1. The zero-order chi connectivity index (χ0) is 21.8. The summed E-state index contributed by atoms with van der Waals surface area (Å²) < 4.78 is 6.15. The number of hydrogen-bond donors (Lipinski definition) is 2. The van der Waals surface area contributed by atoms with Gasteiger partial charge in [-0.25, -0.2) is 9.78 Å². The first-order chi connectivity index (χ1) is 15.0. The van der Waals surface area contributed by atoms with E-state index in [4.69, 9.17) is 21.4 Å². The molecule has 3 aromatic carbocycles. The molecule has 0 radical (unpaired) electrons. The van der Waals surface area contributed by atoms with Gasteiger partial charge in [0, 0.05) is 11.2 Å². The maximum Gasteiger partial charge on any atom is 0.335 e. The molecule has 4 aromatic rings. The third-order valence-electron chi connectivity index (χ3n) is 5.07. The Hall–Kier alpha value is -3.57. The number of aromatic nitrogens is 1. The summed E-state index contributed by atoms with van der Waals surface area (Å²) in [4.78, 5) is 15.7. The summed E-state index contributed by atoms with van der Waals surface area (Å²) in [5.41, 5.74) is 1.25. The van der Waals surface area contributed by atoms with Gasteiger partial charge in [0.2, 0.25) is 0 Å². The van der Waals surface area contributed by atoms with Crippen LogP contribution in [0.1, 0.15) is 35.3 Å². The Balaban J connectivity index is 1.69. The van der Waals surface area contributed by atoms with Crippen molar-refractivity contribution in [1.29, 1.82) is 0 Å². The molecule has 4 rings (SSSR count). The smallest absolute Gasteiger partial charge is 0.335 e. The molecule has 0 amide bonds. The molecule has 0 saturated heterocycles. The zero-order valence-corrected chi connectivity index (χ0v) is 17.6. The Morgan fingerprint density at radius 1 is 1.06 bits per heavy atom. The Morgan fingerprint density at radius 3 is 2.48 bits per heavy atom. The van der Waals surface area contributed by atoms with Gasteiger partial charge in [0.05, 0.1) is 17.0 Å². The van der Waals surface area contributed by atoms with Gasteiger partial charge in [-0.1, -0.05) is 42.8 Å². The molecule has 0 aliphatic heterocycles. The highest BCUT2D eigenvalue weighted by Gasteiger charge is 2.15. The van der Waals surface area contributed by atoms with Gasteiger partial charge in [-0.2, -0.15) is 0 Å². The molecule has 2 N–H and O–H groups in total. The molecule has 0 bridgehead atoms. The van der Waals surface area contributed by atoms with Gasteiger partial charge in [-0.15, -0.1) is 0 Å². The first kappa shape index (κ1) is 20.7. The summed E-state index contributed by atoms with van der Waals surface area (Å²) >= 11 is 5.99. The van der Waals surface area contributed by atoms with Crippen LogP contribution in [0.15, 0.2) is 79.0 Å². The summed E-state index contributed by atoms with van der Waals surface area (Å²) in [6.45, 7) is 2.07. The van der Waals surface area contributed by atoms with E-state index in [0.29, 0.717) is 22.3 Å². The van der Waals surface area contributed by atoms with E-state index in [1.54, 1.807) is 30.5 Å². The van der Waals surface area contributed by atoms with Crippen LogP contribution in [0, 0.1) is 0 Å². The number of nitrogens with zero attached hydrogens (tertiary/aromatic N) is 1. The third kappa shape index (κ3) is 4.62. The highest BCUT2D eigenvalue weighted by Crippen LogP contribution is 2.36. The van der Waals surface area contributed by atoms with Crippen molar-refractivity contribution < 1.29 is 14.6 Å². The van der Waals surface area contributed by atoms with E-state index >= 15 is 0 Å². The predicted octanol–water partition coefficient (Wildman–Crippen LogP) is 6.94. The molecule has 1 heterocycles. The SMILES string of the molecule is CCC(Nc1nccc2cccc(Oc3ccc(Cl)cc3)c12)c1ccc(C(=O)O)cc1. The van der Waals surface area contributed by atoms with Gasteiger partial charge in [-0.05, 0) is 65.9 Å². The fourth-order valence-corrected chi connectivity index (χ4v) is 3.59. The highest BCUT2D eigenvalue weighted by atomic mass is 35.5. The van der Waals surface area contributed by atoms with Crippen LogP contribution in [0.4, 0.5) is 5.82 Å². The van der Waals surface area contributed by atoms with E-state index < -0.39 is 5.97 Å². The lowest BCUT2D eigenvalue weighted by atomic mass is 10.0. The number of pyridine rings is 1. The largest absolute Gasteiger partial charge is 0.478 e.